The Morgan fingerprint density at radius 1 is 1.17 bits per heavy atom. The highest BCUT2D eigenvalue weighted by Gasteiger charge is 2.08. The minimum absolute atomic E-state index is 0.0469. The van der Waals surface area contributed by atoms with Crippen molar-refractivity contribution in [3.8, 4) is 0 Å². The molecule has 18 heavy (non-hydrogen) atoms. The zero-order chi connectivity index (χ0) is 12.8. The van der Waals surface area contributed by atoms with Gasteiger partial charge < -0.3 is 10.4 Å². The molecule has 2 aromatic rings. The third-order valence-electron chi connectivity index (χ3n) is 2.89. The summed E-state index contributed by atoms with van der Waals surface area (Å²) in [5.74, 6) is 0. The maximum absolute atomic E-state index is 9.42. The molecule has 2 rings (SSSR count). The Bertz CT molecular complexity index is 468. The summed E-state index contributed by atoms with van der Waals surface area (Å²) in [7, 11) is 0. The molecule has 0 aliphatic rings. The number of aryl methyl sites for hydroxylation is 1. The number of hydrogen-bond acceptors (Lipinski definition) is 3. The van der Waals surface area contributed by atoms with E-state index in [4.69, 9.17) is 0 Å². The largest absolute Gasteiger partial charge is 0.394 e. The molecule has 0 saturated carbocycles. The Balaban J connectivity index is 1.97. The van der Waals surface area contributed by atoms with Gasteiger partial charge in [-0.3, -0.25) is 4.98 Å². The molecule has 0 amide bonds. The molecule has 1 unspecified atom stereocenters. The molecule has 0 bridgehead atoms. The molecule has 3 heteroatoms. The molecule has 2 N–H and O–H groups in total. The highest BCUT2D eigenvalue weighted by atomic mass is 16.3. The van der Waals surface area contributed by atoms with Crippen LogP contribution in [0.4, 0.5) is 0 Å². The number of hydrogen-bond donors (Lipinski definition) is 2. The fourth-order valence-electron chi connectivity index (χ4n) is 1.80. The smallest absolute Gasteiger partial charge is 0.0626 e. The van der Waals surface area contributed by atoms with Crippen molar-refractivity contribution in [1.29, 1.82) is 0 Å². The van der Waals surface area contributed by atoms with Crippen LogP contribution in [-0.4, -0.2) is 16.7 Å². The summed E-state index contributed by atoms with van der Waals surface area (Å²) >= 11 is 0. The van der Waals surface area contributed by atoms with Gasteiger partial charge in [-0.05, 0) is 24.1 Å². The van der Waals surface area contributed by atoms with Gasteiger partial charge in [0.1, 0.15) is 0 Å². The second-order valence-electron chi connectivity index (χ2n) is 4.35. The third kappa shape index (κ3) is 3.39. The summed E-state index contributed by atoms with van der Waals surface area (Å²) in [6.45, 7) is 2.75. The van der Waals surface area contributed by atoms with Crippen molar-refractivity contribution in [3.05, 3.63) is 65.5 Å². The number of aromatic nitrogens is 1. The number of benzene rings is 1. The normalized spacial score (nSPS) is 12.3. The zero-order valence-electron chi connectivity index (χ0n) is 10.5. The molecule has 0 radical (unpaired) electrons. The van der Waals surface area contributed by atoms with Crippen LogP contribution in [0.1, 0.15) is 22.9 Å². The van der Waals surface area contributed by atoms with Gasteiger partial charge in [0.2, 0.25) is 0 Å². The highest BCUT2D eigenvalue weighted by molar-refractivity contribution is 5.19. The summed E-state index contributed by atoms with van der Waals surface area (Å²) in [4.78, 5) is 4.33. The lowest BCUT2D eigenvalue weighted by Crippen LogP contribution is -2.24. The minimum atomic E-state index is -0.0469. The predicted octanol–water partition coefficient (Wildman–Crippen LogP) is 2.21. The maximum Gasteiger partial charge on any atom is 0.0626 e. The maximum atomic E-state index is 9.42. The van der Waals surface area contributed by atoms with Crippen molar-refractivity contribution in [3.63, 3.8) is 0 Å². The molecule has 1 heterocycles. The molecule has 0 aliphatic heterocycles. The van der Waals surface area contributed by atoms with Crippen LogP contribution >= 0.6 is 0 Å². The van der Waals surface area contributed by atoms with Crippen LogP contribution in [0.25, 0.3) is 0 Å². The Labute approximate surface area is 108 Å². The third-order valence-corrected chi connectivity index (χ3v) is 2.89. The topological polar surface area (TPSA) is 45.1 Å². The molecule has 0 saturated heterocycles. The summed E-state index contributed by atoms with van der Waals surface area (Å²) in [6.07, 6.45) is 1.85. The molecule has 3 nitrogen and oxygen atoms in total. The quantitative estimate of drug-likeness (QED) is 0.845. The fourth-order valence-corrected chi connectivity index (χ4v) is 1.80. The molecular formula is C15H18N2O. The van der Waals surface area contributed by atoms with Crippen molar-refractivity contribution >= 4 is 0 Å². The van der Waals surface area contributed by atoms with Crippen LogP contribution in [0.5, 0.6) is 0 Å². The van der Waals surface area contributed by atoms with Crippen molar-refractivity contribution in [2.24, 2.45) is 0 Å². The van der Waals surface area contributed by atoms with E-state index in [1.165, 1.54) is 0 Å². The van der Waals surface area contributed by atoms with Crippen LogP contribution in [0, 0.1) is 6.92 Å². The minimum Gasteiger partial charge on any atom is -0.394 e. The molecule has 0 fully saturated rings. The monoisotopic (exact) mass is 242 g/mol. The number of pyridine rings is 1. The molecule has 1 atom stereocenters. The standard InChI is InChI=1S/C15H18N2O/c1-12-7-8-14(16-9-12)10-17-15(11-18)13-5-3-2-4-6-13/h2-9,15,17-18H,10-11H2,1H3. The van der Waals surface area contributed by atoms with Gasteiger partial charge in [0.25, 0.3) is 0 Å². The molecule has 0 spiro atoms. The van der Waals surface area contributed by atoms with Crippen molar-refractivity contribution < 1.29 is 5.11 Å². The van der Waals surface area contributed by atoms with Gasteiger partial charge in [0.15, 0.2) is 0 Å². The first-order valence-electron chi connectivity index (χ1n) is 6.10. The summed E-state index contributed by atoms with van der Waals surface area (Å²) in [5, 5.41) is 12.7. The molecule has 0 aliphatic carbocycles. The SMILES string of the molecule is Cc1ccc(CNC(CO)c2ccccc2)nc1. The van der Waals surface area contributed by atoms with Gasteiger partial charge >= 0.3 is 0 Å². The van der Waals surface area contributed by atoms with Gasteiger partial charge in [0, 0.05) is 12.7 Å². The van der Waals surface area contributed by atoms with Crippen molar-refractivity contribution in [2.45, 2.75) is 19.5 Å². The van der Waals surface area contributed by atoms with Crippen molar-refractivity contribution in [2.75, 3.05) is 6.61 Å². The van der Waals surface area contributed by atoms with Crippen LogP contribution in [0.15, 0.2) is 48.7 Å². The molecular weight excluding hydrogens is 224 g/mol. The van der Waals surface area contributed by atoms with E-state index >= 15 is 0 Å². The van der Waals surface area contributed by atoms with Crippen LogP contribution < -0.4 is 5.32 Å². The van der Waals surface area contributed by atoms with Gasteiger partial charge in [-0.25, -0.2) is 0 Å². The average Bonchev–Trinajstić information content (AvgIpc) is 2.43. The number of nitrogens with one attached hydrogen (secondary N) is 1. The molecule has 94 valence electrons. The number of aliphatic hydroxyl groups is 1. The van der Waals surface area contributed by atoms with E-state index in [-0.39, 0.29) is 12.6 Å². The first-order chi connectivity index (χ1) is 8.79. The van der Waals surface area contributed by atoms with Gasteiger partial charge in [-0.15, -0.1) is 0 Å². The first kappa shape index (κ1) is 12.7. The van der Waals surface area contributed by atoms with Crippen LogP contribution in [-0.2, 0) is 6.54 Å². The lowest BCUT2D eigenvalue weighted by molar-refractivity contribution is 0.243. The van der Waals surface area contributed by atoms with E-state index in [0.717, 1.165) is 16.8 Å². The van der Waals surface area contributed by atoms with E-state index < -0.39 is 0 Å². The van der Waals surface area contributed by atoms with Crippen LogP contribution in [0.2, 0.25) is 0 Å². The lowest BCUT2D eigenvalue weighted by atomic mass is 10.1. The first-order valence-corrected chi connectivity index (χ1v) is 6.10. The summed E-state index contributed by atoms with van der Waals surface area (Å²) < 4.78 is 0. The second kappa shape index (κ2) is 6.28. The van der Waals surface area contributed by atoms with E-state index in [1.807, 2.05) is 55.6 Å². The Morgan fingerprint density at radius 3 is 2.56 bits per heavy atom. The fraction of sp³-hybridized carbons (Fsp3) is 0.267. The van der Waals surface area contributed by atoms with Crippen LogP contribution in [0.3, 0.4) is 0 Å². The average molecular weight is 242 g/mol. The zero-order valence-corrected chi connectivity index (χ0v) is 10.5. The van der Waals surface area contributed by atoms with E-state index in [1.54, 1.807) is 0 Å². The van der Waals surface area contributed by atoms with E-state index in [9.17, 15) is 5.11 Å². The highest BCUT2D eigenvalue weighted by Crippen LogP contribution is 2.12. The molecule has 1 aromatic carbocycles. The van der Waals surface area contributed by atoms with E-state index in [0.29, 0.717) is 6.54 Å². The van der Waals surface area contributed by atoms with Gasteiger partial charge in [-0.2, -0.15) is 0 Å². The second-order valence-corrected chi connectivity index (χ2v) is 4.35. The Morgan fingerprint density at radius 2 is 1.94 bits per heavy atom. The predicted molar refractivity (Wildman–Crippen MR) is 72.1 cm³/mol. The Kier molecular flexibility index (Phi) is 4.45. The molecule has 1 aromatic heterocycles. The number of rotatable bonds is 5. The van der Waals surface area contributed by atoms with Crippen molar-refractivity contribution in [1.82, 2.24) is 10.3 Å². The van der Waals surface area contributed by atoms with Gasteiger partial charge in [-0.1, -0.05) is 36.4 Å². The lowest BCUT2D eigenvalue weighted by Gasteiger charge is -2.16. The van der Waals surface area contributed by atoms with Gasteiger partial charge in [0.05, 0.1) is 18.3 Å². The summed E-state index contributed by atoms with van der Waals surface area (Å²) in [5.41, 5.74) is 3.22. The number of aliphatic hydroxyl groups excluding tert-OH is 1. The number of nitrogens with zero attached hydrogens (tertiary/aromatic N) is 1. The van der Waals surface area contributed by atoms with E-state index in [2.05, 4.69) is 10.3 Å². The summed E-state index contributed by atoms with van der Waals surface area (Å²) in [6, 6.07) is 13.9. The Hall–Kier alpha value is -1.71.